The van der Waals surface area contributed by atoms with E-state index in [1.54, 1.807) is 42.6 Å². The number of hydrogen-bond donors (Lipinski definition) is 2. The minimum absolute atomic E-state index is 0.0824. The van der Waals surface area contributed by atoms with Crippen molar-refractivity contribution in [2.75, 3.05) is 4.90 Å². The highest BCUT2D eigenvalue weighted by molar-refractivity contribution is 6.28. The number of hydrogen-bond acceptors (Lipinski definition) is 4. The van der Waals surface area contributed by atoms with Crippen molar-refractivity contribution in [3.8, 4) is 0 Å². The Kier molecular flexibility index (Phi) is 3.99. The summed E-state index contributed by atoms with van der Waals surface area (Å²) in [5.74, 6) is -1.77. The van der Waals surface area contributed by atoms with Gasteiger partial charge in [-0.2, -0.15) is 0 Å². The first-order valence-corrected chi connectivity index (χ1v) is 10.4. The van der Waals surface area contributed by atoms with Crippen LogP contribution in [0.2, 0.25) is 0 Å². The van der Waals surface area contributed by atoms with Crippen LogP contribution in [-0.4, -0.2) is 21.7 Å². The number of Topliss-reactive ketones (excluding diaryl/α,β-unsaturated/α-hetero) is 1. The molecule has 1 unspecified atom stereocenters. The molecule has 0 radical (unpaired) electrons. The highest BCUT2D eigenvalue weighted by Gasteiger charge is 2.54. The second kappa shape index (κ2) is 6.82. The van der Waals surface area contributed by atoms with Crippen LogP contribution < -0.4 is 10.6 Å². The fourth-order valence-corrected chi connectivity index (χ4v) is 4.57. The van der Waals surface area contributed by atoms with Crippen LogP contribution in [0.15, 0.2) is 85.1 Å². The van der Waals surface area contributed by atoms with Crippen molar-refractivity contribution in [1.29, 1.82) is 0 Å². The van der Waals surface area contributed by atoms with Crippen molar-refractivity contribution in [2.24, 2.45) is 5.73 Å². The summed E-state index contributed by atoms with van der Waals surface area (Å²) in [6.45, 7) is 0. The number of pyridine rings is 1. The van der Waals surface area contributed by atoms with Crippen LogP contribution in [0.5, 0.6) is 0 Å². The Morgan fingerprint density at radius 3 is 2.58 bits per heavy atom. The number of nitrogens with two attached hydrogens (primary N) is 1. The molecule has 33 heavy (non-hydrogen) atoms. The first-order chi connectivity index (χ1) is 16.0. The number of halogens is 1. The SMILES string of the molecule is NC1(C(=O)c2cc3c(cn2)[nH]c2ccccc23)C(=O)N(c2cccc(F)c2)c2ccccc21. The predicted octanol–water partition coefficient (Wildman–Crippen LogP) is 4.57. The predicted molar refractivity (Wildman–Crippen MR) is 124 cm³/mol. The lowest BCUT2D eigenvalue weighted by molar-refractivity contribution is -0.120. The maximum Gasteiger partial charge on any atom is 0.264 e. The number of ketones is 1. The number of carbonyl (C=O) groups excluding carboxylic acids is 2. The first kappa shape index (κ1) is 19.3. The van der Waals surface area contributed by atoms with Gasteiger partial charge < -0.3 is 10.7 Å². The van der Waals surface area contributed by atoms with Gasteiger partial charge in [0.05, 0.1) is 23.1 Å². The summed E-state index contributed by atoms with van der Waals surface area (Å²) in [5, 5.41) is 1.75. The largest absolute Gasteiger partial charge is 0.353 e. The monoisotopic (exact) mass is 436 g/mol. The van der Waals surface area contributed by atoms with Crippen molar-refractivity contribution in [1.82, 2.24) is 9.97 Å². The Hall–Kier alpha value is -4.36. The Morgan fingerprint density at radius 2 is 1.73 bits per heavy atom. The van der Waals surface area contributed by atoms with Gasteiger partial charge in [0.1, 0.15) is 11.5 Å². The lowest BCUT2D eigenvalue weighted by atomic mass is 9.86. The van der Waals surface area contributed by atoms with Crippen molar-refractivity contribution in [3.63, 3.8) is 0 Å². The zero-order chi connectivity index (χ0) is 22.7. The molecule has 7 heteroatoms. The van der Waals surface area contributed by atoms with Gasteiger partial charge in [-0.3, -0.25) is 19.5 Å². The first-order valence-electron chi connectivity index (χ1n) is 10.4. The molecule has 3 heterocycles. The Morgan fingerprint density at radius 1 is 0.939 bits per heavy atom. The third-order valence-electron chi connectivity index (χ3n) is 6.16. The molecule has 3 aromatic carbocycles. The van der Waals surface area contributed by atoms with E-state index in [0.717, 1.165) is 21.8 Å². The Bertz CT molecular complexity index is 1610. The van der Waals surface area contributed by atoms with Gasteiger partial charge >= 0.3 is 0 Å². The number of benzene rings is 3. The minimum Gasteiger partial charge on any atom is -0.353 e. The fourth-order valence-electron chi connectivity index (χ4n) is 4.57. The fraction of sp³-hybridized carbons (Fsp3) is 0.0385. The van der Waals surface area contributed by atoms with Crippen molar-refractivity contribution in [2.45, 2.75) is 5.54 Å². The third-order valence-corrected chi connectivity index (χ3v) is 6.16. The maximum atomic E-state index is 13.9. The number of aromatic amines is 1. The maximum absolute atomic E-state index is 13.9. The van der Waals surface area contributed by atoms with Gasteiger partial charge in [0.25, 0.3) is 5.91 Å². The van der Waals surface area contributed by atoms with Gasteiger partial charge in [-0.25, -0.2) is 4.39 Å². The molecular weight excluding hydrogens is 419 g/mol. The number of carbonyl (C=O) groups is 2. The van der Waals surface area contributed by atoms with E-state index in [1.165, 1.54) is 23.1 Å². The van der Waals surface area contributed by atoms with Gasteiger partial charge in [0.2, 0.25) is 5.78 Å². The second-order valence-electron chi connectivity index (χ2n) is 8.06. The normalized spacial score (nSPS) is 17.6. The van der Waals surface area contributed by atoms with Crippen LogP contribution in [0.1, 0.15) is 16.1 Å². The molecule has 0 saturated heterocycles. The molecule has 3 N–H and O–H groups in total. The molecule has 160 valence electrons. The molecule has 6 nitrogen and oxygen atoms in total. The van der Waals surface area contributed by atoms with Crippen molar-refractivity contribution >= 4 is 44.9 Å². The third kappa shape index (κ3) is 2.66. The molecule has 1 aliphatic rings. The summed E-state index contributed by atoms with van der Waals surface area (Å²) in [4.78, 5) is 36.3. The van der Waals surface area contributed by atoms with Crippen LogP contribution >= 0.6 is 0 Å². The van der Waals surface area contributed by atoms with Gasteiger partial charge in [0, 0.05) is 21.9 Å². The van der Waals surface area contributed by atoms with E-state index < -0.39 is 23.0 Å². The van der Waals surface area contributed by atoms with E-state index >= 15 is 0 Å². The summed E-state index contributed by atoms with van der Waals surface area (Å²) in [6, 6.07) is 21.8. The number of amides is 1. The highest BCUT2D eigenvalue weighted by atomic mass is 19.1. The lowest BCUT2D eigenvalue weighted by Gasteiger charge is -2.23. The molecular formula is C26H17FN4O2. The number of para-hydroxylation sites is 2. The van der Waals surface area contributed by atoms with E-state index in [2.05, 4.69) is 9.97 Å². The summed E-state index contributed by atoms with van der Waals surface area (Å²) in [5.41, 5.74) is 7.48. The number of nitrogens with zero attached hydrogens (tertiary/aromatic N) is 2. The number of anilines is 2. The van der Waals surface area contributed by atoms with Gasteiger partial charge in [-0.15, -0.1) is 0 Å². The summed E-state index contributed by atoms with van der Waals surface area (Å²) in [6.07, 6.45) is 1.57. The molecule has 0 saturated carbocycles. The van der Waals surface area contributed by atoms with Crippen molar-refractivity contribution in [3.05, 3.63) is 102 Å². The average molecular weight is 436 g/mol. The molecule has 0 aliphatic carbocycles. The number of aromatic nitrogens is 2. The zero-order valence-corrected chi connectivity index (χ0v) is 17.2. The van der Waals surface area contributed by atoms with Gasteiger partial charge in [-0.1, -0.05) is 42.5 Å². The van der Waals surface area contributed by atoms with Crippen LogP contribution in [0.4, 0.5) is 15.8 Å². The molecule has 1 atom stereocenters. The summed E-state index contributed by atoms with van der Waals surface area (Å²) >= 11 is 0. The molecule has 2 aromatic heterocycles. The second-order valence-corrected chi connectivity index (χ2v) is 8.06. The molecule has 1 aliphatic heterocycles. The lowest BCUT2D eigenvalue weighted by Crippen LogP contribution is -2.52. The van der Waals surface area contributed by atoms with Crippen LogP contribution in [-0.2, 0) is 10.3 Å². The minimum atomic E-state index is -1.99. The molecule has 0 fully saturated rings. The zero-order valence-electron chi connectivity index (χ0n) is 17.2. The van der Waals surface area contributed by atoms with E-state index in [9.17, 15) is 14.0 Å². The van der Waals surface area contributed by atoms with Crippen LogP contribution in [0.25, 0.3) is 21.8 Å². The topological polar surface area (TPSA) is 92.1 Å². The quantitative estimate of drug-likeness (QED) is 0.320. The van der Waals surface area contributed by atoms with Gasteiger partial charge in [-0.05, 0) is 36.4 Å². The van der Waals surface area contributed by atoms with E-state index in [0.29, 0.717) is 16.9 Å². The number of H-pyrrole nitrogens is 1. The van der Waals surface area contributed by atoms with E-state index in [1.807, 2.05) is 24.3 Å². The Balaban J connectivity index is 1.52. The standard InChI is InChI=1S/C26H17FN4O2/c27-15-6-5-7-16(12-15)31-23-11-4-2-9-19(23)26(28,25(31)33)24(32)21-13-18-17-8-1-3-10-20(17)30-22(18)14-29-21/h1-14,30H,28H2. The van der Waals surface area contributed by atoms with Crippen LogP contribution in [0.3, 0.4) is 0 Å². The Labute approximate surface area is 187 Å². The smallest absolute Gasteiger partial charge is 0.264 e. The molecule has 5 aromatic rings. The molecule has 6 rings (SSSR count). The van der Waals surface area contributed by atoms with E-state index in [-0.39, 0.29) is 5.69 Å². The number of nitrogens with one attached hydrogen (secondary N) is 1. The molecule has 1 amide bonds. The molecule has 0 spiro atoms. The van der Waals surface area contributed by atoms with Gasteiger partial charge in [0.15, 0.2) is 5.54 Å². The van der Waals surface area contributed by atoms with Crippen LogP contribution in [0, 0.1) is 5.82 Å². The molecule has 0 bridgehead atoms. The summed E-state index contributed by atoms with van der Waals surface area (Å²) in [7, 11) is 0. The highest BCUT2D eigenvalue weighted by Crippen LogP contribution is 2.44. The number of rotatable bonds is 3. The number of fused-ring (bicyclic) bond motifs is 4. The van der Waals surface area contributed by atoms with Crippen molar-refractivity contribution < 1.29 is 14.0 Å². The summed E-state index contributed by atoms with van der Waals surface area (Å²) < 4.78 is 13.9. The van der Waals surface area contributed by atoms with E-state index in [4.69, 9.17) is 5.73 Å². The average Bonchev–Trinajstić information content (AvgIpc) is 3.32.